The fourth-order valence-electron chi connectivity index (χ4n) is 2.93. The first-order valence-corrected chi connectivity index (χ1v) is 8.91. The van der Waals surface area contributed by atoms with E-state index in [2.05, 4.69) is 39.5 Å². The largest absolute Gasteiger partial charge is 0.382 e. The highest BCUT2D eigenvalue weighted by molar-refractivity contribution is 5.87. The topological polar surface area (TPSA) is 103 Å². The number of rotatable bonds is 8. The van der Waals surface area contributed by atoms with Gasteiger partial charge in [0.2, 0.25) is 5.95 Å². The Morgan fingerprint density at radius 1 is 1.22 bits per heavy atom. The number of nitrogens with one attached hydrogen (secondary N) is 2. The van der Waals surface area contributed by atoms with Gasteiger partial charge in [0, 0.05) is 26.7 Å². The molecule has 1 atom stereocenters. The average molecular weight is 369 g/mol. The van der Waals surface area contributed by atoms with Crippen LogP contribution in [0, 0.1) is 0 Å². The van der Waals surface area contributed by atoms with Crippen molar-refractivity contribution < 1.29 is 4.74 Å². The third-order valence-electron chi connectivity index (χ3n) is 4.26. The molecule has 0 saturated carbocycles. The van der Waals surface area contributed by atoms with E-state index in [0.29, 0.717) is 24.9 Å². The van der Waals surface area contributed by atoms with Crippen molar-refractivity contribution in [1.82, 2.24) is 19.7 Å². The van der Waals surface area contributed by atoms with E-state index in [1.165, 1.54) is 0 Å². The second-order valence-corrected chi connectivity index (χ2v) is 7.24. The van der Waals surface area contributed by atoms with Gasteiger partial charge in [-0.1, -0.05) is 30.3 Å². The molecular formula is C19H27N7O. The third-order valence-corrected chi connectivity index (χ3v) is 4.26. The number of aromatic nitrogens is 4. The molecule has 1 unspecified atom stereocenters. The van der Waals surface area contributed by atoms with Crippen LogP contribution in [0.5, 0.6) is 0 Å². The molecule has 0 aliphatic rings. The molecule has 0 spiro atoms. The molecule has 8 heteroatoms. The first kappa shape index (κ1) is 19.1. The second kappa shape index (κ2) is 7.89. The van der Waals surface area contributed by atoms with Gasteiger partial charge in [-0.15, -0.1) is 0 Å². The van der Waals surface area contributed by atoms with E-state index in [1.807, 2.05) is 37.4 Å². The summed E-state index contributed by atoms with van der Waals surface area (Å²) in [5.74, 6) is 1.22. The van der Waals surface area contributed by atoms with Gasteiger partial charge in [0.05, 0.1) is 23.7 Å². The van der Waals surface area contributed by atoms with Gasteiger partial charge in [0.1, 0.15) is 5.82 Å². The number of nitrogens with two attached hydrogens (primary N) is 1. The summed E-state index contributed by atoms with van der Waals surface area (Å²) in [6.45, 7) is 5.17. The molecule has 0 aliphatic heterocycles. The number of hydrogen-bond acceptors (Lipinski definition) is 7. The fraction of sp³-hybridized carbons (Fsp3) is 0.421. The van der Waals surface area contributed by atoms with E-state index in [0.717, 1.165) is 16.6 Å². The van der Waals surface area contributed by atoms with Crippen molar-refractivity contribution >= 4 is 22.8 Å². The predicted molar refractivity (Wildman–Crippen MR) is 108 cm³/mol. The van der Waals surface area contributed by atoms with E-state index in [9.17, 15) is 0 Å². The van der Waals surface area contributed by atoms with Gasteiger partial charge in [0.25, 0.3) is 0 Å². The van der Waals surface area contributed by atoms with Crippen LogP contribution in [0.15, 0.2) is 36.5 Å². The SMILES string of the molecule is COCC(C)(C)Nc1nc(NCC(N)c2ccccc2)nc2c1cnn2C. The zero-order chi connectivity index (χ0) is 19.4. The molecular weight excluding hydrogens is 342 g/mol. The van der Waals surface area contributed by atoms with Crippen molar-refractivity contribution in [3.63, 3.8) is 0 Å². The highest BCUT2D eigenvalue weighted by Gasteiger charge is 2.21. The van der Waals surface area contributed by atoms with Crippen LogP contribution in [0.1, 0.15) is 25.5 Å². The maximum atomic E-state index is 6.28. The van der Waals surface area contributed by atoms with Crippen LogP contribution < -0.4 is 16.4 Å². The van der Waals surface area contributed by atoms with Crippen molar-refractivity contribution in [1.29, 1.82) is 0 Å². The van der Waals surface area contributed by atoms with Gasteiger partial charge in [-0.2, -0.15) is 15.1 Å². The summed E-state index contributed by atoms with van der Waals surface area (Å²) in [4.78, 5) is 9.24. The molecule has 144 valence electrons. The van der Waals surface area contributed by atoms with Gasteiger partial charge in [-0.25, -0.2) is 0 Å². The molecule has 0 amide bonds. The molecule has 2 aromatic heterocycles. The van der Waals surface area contributed by atoms with Crippen molar-refractivity contribution in [3.05, 3.63) is 42.1 Å². The zero-order valence-electron chi connectivity index (χ0n) is 16.2. The zero-order valence-corrected chi connectivity index (χ0v) is 16.2. The van der Waals surface area contributed by atoms with Crippen LogP contribution in [0.2, 0.25) is 0 Å². The Labute approximate surface area is 159 Å². The minimum atomic E-state index is -0.288. The fourth-order valence-corrected chi connectivity index (χ4v) is 2.93. The van der Waals surface area contributed by atoms with Crippen LogP contribution in [-0.4, -0.2) is 45.5 Å². The number of fused-ring (bicyclic) bond motifs is 1. The number of anilines is 2. The summed E-state index contributed by atoms with van der Waals surface area (Å²) < 4.78 is 7.03. The summed E-state index contributed by atoms with van der Waals surface area (Å²) in [6.07, 6.45) is 1.76. The van der Waals surface area contributed by atoms with Crippen LogP contribution >= 0.6 is 0 Å². The first-order chi connectivity index (χ1) is 12.9. The lowest BCUT2D eigenvalue weighted by Gasteiger charge is -2.26. The van der Waals surface area contributed by atoms with Crippen LogP contribution in [-0.2, 0) is 11.8 Å². The Hall–Kier alpha value is -2.71. The lowest BCUT2D eigenvalue weighted by Crippen LogP contribution is -2.36. The van der Waals surface area contributed by atoms with Crippen LogP contribution in [0.3, 0.4) is 0 Å². The molecule has 1 aromatic carbocycles. The van der Waals surface area contributed by atoms with Crippen molar-refractivity contribution in [3.8, 4) is 0 Å². The number of hydrogen-bond donors (Lipinski definition) is 3. The number of aryl methyl sites for hydroxylation is 1. The van der Waals surface area contributed by atoms with Gasteiger partial charge >= 0.3 is 0 Å². The van der Waals surface area contributed by atoms with Gasteiger partial charge in [0.15, 0.2) is 5.65 Å². The summed E-state index contributed by atoms with van der Waals surface area (Å²) in [7, 11) is 3.54. The second-order valence-electron chi connectivity index (χ2n) is 7.24. The standard InChI is InChI=1S/C19H27N7O/c1-19(2,12-27-4)25-16-14-10-22-26(3)17(14)24-18(23-16)21-11-15(20)13-8-6-5-7-9-13/h5-10,15H,11-12,20H2,1-4H3,(H2,21,23,24,25). The maximum Gasteiger partial charge on any atom is 0.226 e. The molecule has 4 N–H and O–H groups in total. The molecule has 3 aromatic rings. The Morgan fingerprint density at radius 3 is 2.67 bits per heavy atom. The summed E-state index contributed by atoms with van der Waals surface area (Å²) >= 11 is 0. The number of benzene rings is 1. The molecule has 2 heterocycles. The van der Waals surface area contributed by atoms with E-state index in [4.69, 9.17) is 10.5 Å². The quantitative estimate of drug-likeness (QED) is 0.560. The Bertz CT molecular complexity index is 892. The van der Waals surface area contributed by atoms with E-state index in [-0.39, 0.29) is 11.6 Å². The monoisotopic (exact) mass is 369 g/mol. The Balaban J connectivity index is 1.84. The average Bonchev–Trinajstić information content (AvgIpc) is 3.01. The summed E-state index contributed by atoms with van der Waals surface area (Å²) in [5, 5.41) is 11.9. The number of ether oxygens (including phenoxy) is 1. The van der Waals surface area contributed by atoms with Crippen LogP contribution in [0.4, 0.5) is 11.8 Å². The maximum absolute atomic E-state index is 6.28. The summed E-state index contributed by atoms with van der Waals surface area (Å²) in [6, 6.07) is 9.80. The molecule has 8 nitrogen and oxygen atoms in total. The summed E-state index contributed by atoms with van der Waals surface area (Å²) in [5.41, 5.74) is 7.80. The molecule has 0 fully saturated rings. The Morgan fingerprint density at radius 2 is 1.96 bits per heavy atom. The molecule has 27 heavy (non-hydrogen) atoms. The van der Waals surface area contributed by atoms with Gasteiger partial charge in [-0.3, -0.25) is 4.68 Å². The van der Waals surface area contributed by atoms with Crippen molar-refractivity contribution in [2.75, 3.05) is 30.9 Å². The highest BCUT2D eigenvalue weighted by atomic mass is 16.5. The van der Waals surface area contributed by atoms with Crippen molar-refractivity contribution in [2.24, 2.45) is 12.8 Å². The molecule has 0 aliphatic carbocycles. The molecule has 0 bridgehead atoms. The van der Waals surface area contributed by atoms with E-state index < -0.39 is 0 Å². The predicted octanol–water partition coefficient (Wildman–Crippen LogP) is 2.31. The minimum absolute atomic E-state index is 0.154. The molecule has 0 saturated heterocycles. The minimum Gasteiger partial charge on any atom is -0.382 e. The highest BCUT2D eigenvalue weighted by Crippen LogP contribution is 2.24. The lowest BCUT2D eigenvalue weighted by molar-refractivity contribution is 0.158. The normalized spacial score (nSPS) is 12.9. The Kier molecular flexibility index (Phi) is 5.57. The third kappa shape index (κ3) is 4.53. The van der Waals surface area contributed by atoms with Gasteiger partial charge < -0.3 is 21.1 Å². The van der Waals surface area contributed by atoms with Gasteiger partial charge in [-0.05, 0) is 19.4 Å². The van der Waals surface area contributed by atoms with E-state index in [1.54, 1.807) is 18.0 Å². The lowest BCUT2D eigenvalue weighted by atomic mass is 10.1. The number of nitrogens with zero attached hydrogens (tertiary/aromatic N) is 4. The van der Waals surface area contributed by atoms with Crippen LogP contribution in [0.25, 0.3) is 11.0 Å². The number of methoxy groups -OCH3 is 1. The van der Waals surface area contributed by atoms with E-state index >= 15 is 0 Å². The smallest absolute Gasteiger partial charge is 0.226 e. The molecule has 3 rings (SSSR count). The first-order valence-electron chi connectivity index (χ1n) is 8.91. The van der Waals surface area contributed by atoms with Crippen molar-refractivity contribution in [2.45, 2.75) is 25.4 Å². The molecule has 0 radical (unpaired) electrons.